The minimum atomic E-state index is -0.380. The Labute approximate surface area is 117 Å². The van der Waals surface area contributed by atoms with E-state index in [1.165, 1.54) is 6.07 Å². The van der Waals surface area contributed by atoms with Crippen molar-refractivity contribution in [2.45, 2.75) is 13.5 Å². The molecule has 0 radical (unpaired) electrons. The molecule has 0 atom stereocenters. The van der Waals surface area contributed by atoms with Gasteiger partial charge in [0.1, 0.15) is 17.3 Å². The van der Waals surface area contributed by atoms with Crippen LogP contribution in [0.3, 0.4) is 0 Å². The van der Waals surface area contributed by atoms with Gasteiger partial charge in [0.15, 0.2) is 0 Å². The van der Waals surface area contributed by atoms with Crippen molar-refractivity contribution in [3.05, 3.63) is 47.9 Å². The van der Waals surface area contributed by atoms with Gasteiger partial charge in [-0.05, 0) is 44.3 Å². The Hall–Kier alpha value is -2.14. The lowest BCUT2D eigenvalue weighted by molar-refractivity contribution is 0.339. The first-order chi connectivity index (χ1) is 9.72. The maximum absolute atomic E-state index is 13.2. The monoisotopic (exact) mass is 276 g/mol. The fraction of sp³-hybridized carbons (Fsp3) is 0.267. The minimum Gasteiger partial charge on any atom is -0.494 e. The van der Waals surface area contributed by atoms with E-state index in [9.17, 15) is 4.39 Å². The van der Waals surface area contributed by atoms with Crippen molar-refractivity contribution in [2.24, 2.45) is 0 Å². The molecule has 0 unspecified atom stereocenters. The highest BCUT2D eigenvalue weighted by atomic mass is 19.1. The molecule has 106 valence electrons. The van der Waals surface area contributed by atoms with Crippen molar-refractivity contribution in [1.29, 1.82) is 0 Å². The molecule has 0 aliphatic carbocycles. The summed E-state index contributed by atoms with van der Waals surface area (Å²) in [5.74, 6) is 1.42. The number of nitrogens with zero attached hydrogens (tertiary/aromatic N) is 1. The van der Waals surface area contributed by atoms with E-state index in [2.05, 4.69) is 10.3 Å². The van der Waals surface area contributed by atoms with Gasteiger partial charge >= 0.3 is 0 Å². The second-order valence-electron chi connectivity index (χ2n) is 4.15. The highest BCUT2D eigenvalue weighted by Crippen LogP contribution is 2.25. The Morgan fingerprint density at radius 1 is 1.20 bits per heavy atom. The molecule has 0 bridgehead atoms. The van der Waals surface area contributed by atoms with E-state index in [0.717, 1.165) is 11.9 Å². The van der Waals surface area contributed by atoms with E-state index >= 15 is 0 Å². The number of hydrogen-bond donors (Lipinski definition) is 1. The normalized spacial score (nSPS) is 10.3. The van der Waals surface area contributed by atoms with E-state index in [1.807, 2.05) is 19.1 Å². The predicted molar refractivity (Wildman–Crippen MR) is 74.6 cm³/mol. The molecule has 1 N–H and O–H groups in total. The van der Waals surface area contributed by atoms with Crippen molar-refractivity contribution < 1.29 is 13.9 Å². The zero-order chi connectivity index (χ0) is 14.4. The van der Waals surface area contributed by atoms with Crippen molar-refractivity contribution in [3.8, 4) is 17.4 Å². The summed E-state index contributed by atoms with van der Waals surface area (Å²) in [6, 6.07) is 8.63. The number of nitrogens with one attached hydrogen (secondary N) is 1. The molecule has 5 heteroatoms. The third-order valence-corrected chi connectivity index (χ3v) is 2.61. The van der Waals surface area contributed by atoms with Gasteiger partial charge in [-0.15, -0.1) is 0 Å². The van der Waals surface area contributed by atoms with Crippen LogP contribution in [0, 0.1) is 5.82 Å². The van der Waals surface area contributed by atoms with Gasteiger partial charge in [-0.2, -0.15) is 0 Å². The molecule has 1 aromatic carbocycles. The van der Waals surface area contributed by atoms with Crippen LogP contribution in [0.2, 0.25) is 0 Å². The summed E-state index contributed by atoms with van der Waals surface area (Å²) in [5, 5.41) is 2.96. The van der Waals surface area contributed by atoms with Crippen molar-refractivity contribution in [2.75, 3.05) is 13.7 Å². The molecule has 20 heavy (non-hydrogen) atoms. The largest absolute Gasteiger partial charge is 0.494 e. The van der Waals surface area contributed by atoms with Gasteiger partial charge in [-0.3, -0.25) is 0 Å². The Kier molecular flexibility index (Phi) is 4.90. The molecular weight excluding hydrogens is 259 g/mol. The van der Waals surface area contributed by atoms with Crippen LogP contribution >= 0.6 is 0 Å². The Morgan fingerprint density at radius 3 is 2.55 bits per heavy atom. The molecule has 0 saturated carbocycles. The summed E-state index contributed by atoms with van der Waals surface area (Å²) in [6.07, 6.45) is 1.14. The Balaban J connectivity index is 2.16. The van der Waals surface area contributed by atoms with Gasteiger partial charge in [-0.25, -0.2) is 9.37 Å². The van der Waals surface area contributed by atoms with Crippen molar-refractivity contribution in [3.63, 3.8) is 0 Å². The number of benzene rings is 1. The Morgan fingerprint density at radius 2 is 1.90 bits per heavy atom. The van der Waals surface area contributed by atoms with Crippen molar-refractivity contribution >= 4 is 0 Å². The van der Waals surface area contributed by atoms with Crippen LogP contribution in [0.1, 0.15) is 12.5 Å². The lowest BCUT2D eigenvalue weighted by atomic mass is 10.2. The smallest absolute Gasteiger partial charge is 0.223 e. The highest BCUT2D eigenvalue weighted by molar-refractivity contribution is 5.36. The summed E-state index contributed by atoms with van der Waals surface area (Å²) in [4.78, 5) is 3.98. The van der Waals surface area contributed by atoms with Gasteiger partial charge < -0.3 is 14.8 Å². The minimum absolute atomic E-state index is 0.380. The second kappa shape index (κ2) is 6.86. The van der Waals surface area contributed by atoms with E-state index in [1.54, 1.807) is 19.2 Å². The van der Waals surface area contributed by atoms with Crippen LogP contribution < -0.4 is 14.8 Å². The SMILES string of the molecule is CCOc1ccc(Oc2ncc(F)cc2CNC)cc1. The molecule has 2 rings (SSSR count). The van der Waals surface area contributed by atoms with Crippen molar-refractivity contribution in [1.82, 2.24) is 10.3 Å². The average molecular weight is 276 g/mol. The number of aromatic nitrogens is 1. The molecule has 0 aliphatic heterocycles. The standard InChI is InChI=1S/C15H17FN2O2/c1-3-19-13-4-6-14(7-5-13)20-15-11(9-17-2)8-12(16)10-18-15/h4-8,10,17H,3,9H2,1-2H3. The molecule has 1 heterocycles. The first kappa shape index (κ1) is 14.3. The predicted octanol–water partition coefficient (Wildman–Crippen LogP) is 3.13. The molecule has 0 spiro atoms. The van der Waals surface area contributed by atoms with E-state index < -0.39 is 0 Å². The Bertz CT molecular complexity index is 558. The van der Waals surface area contributed by atoms with Crippen LogP contribution in [0.15, 0.2) is 36.5 Å². The fourth-order valence-corrected chi connectivity index (χ4v) is 1.76. The van der Waals surface area contributed by atoms with Crippen LogP contribution in [-0.2, 0) is 6.54 Å². The van der Waals surface area contributed by atoms with Crippen LogP contribution in [-0.4, -0.2) is 18.6 Å². The molecule has 2 aromatic rings. The first-order valence-corrected chi connectivity index (χ1v) is 6.42. The third kappa shape index (κ3) is 3.68. The zero-order valence-electron chi connectivity index (χ0n) is 11.5. The van der Waals surface area contributed by atoms with E-state index in [0.29, 0.717) is 30.3 Å². The summed E-state index contributed by atoms with van der Waals surface area (Å²) < 4.78 is 24.2. The molecular formula is C15H17FN2O2. The molecule has 0 amide bonds. The van der Waals surface area contributed by atoms with Crippen LogP contribution in [0.25, 0.3) is 0 Å². The number of pyridine rings is 1. The number of hydrogen-bond acceptors (Lipinski definition) is 4. The molecule has 0 aliphatic rings. The van der Waals surface area contributed by atoms with E-state index in [4.69, 9.17) is 9.47 Å². The summed E-state index contributed by atoms with van der Waals surface area (Å²) in [6.45, 7) is 3.03. The van der Waals surface area contributed by atoms with Crippen LogP contribution in [0.4, 0.5) is 4.39 Å². The second-order valence-corrected chi connectivity index (χ2v) is 4.15. The average Bonchev–Trinajstić information content (AvgIpc) is 2.44. The summed E-state index contributed by atoms with van der Waals surface area (Å²) in [7, 11) is 1.78. The van der Waals surface area contributed by atoms with Gasteiger partial charge in [0.25, 0.3) is 0 Å². The molecule has 1 aromatic heterocycles. The zero-order valence-corrected chi connectivity index (χ0v) is 11.5. The van der Waals surface area contributed by atoms with E-state index in [-0.39, 0.29) is 5.82 Å². The summed E-state index contributed by atoms with van der Waals surface area (Å²) >= 11 is 0. The van der Waals surface area contributed by atoms with Gasteiger partial charge in [0.2, 0.25) is 5.88 Å². The highest BCUT2D eigenvalue weighted by Gasteiger charge is 2.08. The fourth-order valence-electron chi connectivity index (χ4n) is 1.76. The summed E-state index contributed by atoms with van der Waals surface area (Å²) in [5.41, 5.74) is 0.668. The molecule has 4 nitrogen and oxygen atoms in total. The maximum Gasteiger partial charge on any atom is 0.223 e. The lowest BCUT2D eigenvalue weighted by Gasteiger charge is -2.10. The number of ether oxygens (including phenoxy) is 2. The first-order valence-electron chi connectivity index (χ1n) is 6.42. The van der Waals surface area contributed by atoms with Gasteiger partial charge in [0.05, 0.1) is 12.8 Å². The molecule has 0 saturated heterocycles. The van der Waals surface area contributed by atoms with Crippen LogP contribution in [0.5, 0.6) is 17.4 Å². The van der Waals surface area contributed by atoms with Gasteiger partial charge in [0, 0.05) is 12.1 Å². The number of rotatable bonds is 6. The maximum atomic E-state index is 13.2. The lowest BCUT2D eigenvalue weighted by Crippen LogP contribution is -2.07. The molecule has 0 fully saturated rings. The number of halogens is 1. The topological polar surface area (TPSA) is 43.4 Å². The quantitative estimate of drug-likeness (QED) is 0.880. The van der Waals surface area contributed by atoms with Gasteiger partial charge in [-0.1, -0.05) is 0 Å². The third-order valence-electron chi connectivity index (χ3n) is 2.61.